The van der Waals surface area contributed by atoms with Gasteiger partial charge in [-0.2, -0.15) is 0 Å². The van der Waals surface area contributed by atoms with E-state index in [0.717, 1.165) is 27.3 Å². The molecule has 0 spiro atoms. The first kappa shape index (κ1) is 32.4. The van der Waals surface area contributed by atoms with Crippen LogP contribution in [-0.4, -0.2) is 50.0 Å². The number of benzene rings is 3. The van der Waals surface area contributed by atoms with Gasteiger partial charge in [-0.25, -0.2) is 8.42 Å². The molecule has 10 heteroatoms. The molecule has 2 atom stereocenters. The fourth-order valence-corrected chi connectivity index (χ4v) is 5.69. The Morgan fingerprint density at radius 2 is 1.54 bits per heavy atom. The molecule has 1 N–H and O–H groups in total. The first-order valence-corrected chi connectivity index (χ1v) is 16.0. The molecule has 0 bridgehead atoms. The van der Waals surface area contributed by atoms with Crippen LogP contribution >= 0.6 is 23.2 Å². The summed E-state index contributed by atoms with van der Waals surface area (Å²) in [5, 5.41) is 3.69. The summed E-state index contributed by atoms with van der Waals surface area (Å²) in [6.07, 6.45) is 2.01. The van der Waals surface area contributed by atoms with Crippen molar-refractivity contribution in [2.45, 2.75) is 59.2 Å². The third-order valence-corrected chi connectivity index (χ3v) is 8.66. The van der Waals surface area contributed by atoms with Crippen molar-refractivity contribution in [2.75, 3.05) is 17.1 Å². The van der Waals surface area contributed by atoms with E-state index >= 15 is 0 Å². The Labute approximate surface area is 253 Å². The second-order valence-electron chi connectivity index (χ2n) is 10.4. The minimum atomic E-state index is -3.85. The van der Waals surface area contributed by atoms with Gasteiger partial charge >= 0.3 is 0 Å². The van der Waals surface area contributed by atoms with E-state index in [1.165, 1.54) is 4.90 Å². The van der Waals surface area contributed by atoms with Crippen molar-refractivity contribution in [3.05, 3.63) is 99.0 Å². The molecular weight excluding hydrogens is 581 g/mol. The highest BCUT2D eigenvalue weighted by atomic mass is 35.5. The first-order valence-electron chi connectivity index (χ1n) is 13.4. The van der Waals surface area contributed by atoms with Gasteiger partial charge in [-0.15, -0.1) is 0 Å². The number of amides is 2. The predicted octanol–water partition coefficient (Wildman–Crippen LogP) is 5.93. The van der Waals surface area contributed by atoms with Crippen LogP contribution in [0, 0.1) is 13.8 Å². The van der Waals surface area contributed by atoms with E-state index in [1.54, 1.807) is 30.3 Å². The number of sulfonamides is 1. The number of halogens is 2. The maximum absolute atomic E-state index is 14.2. The van der Waals surface area contributed by atoms with Crippen molar-refractivity contribution in [1.29, 1.82) is 0 Å². The van der Waals surface area contributed by atoms with Gasteiger partial charge < -0.3 is 10.2 Å². The molecule has 3 rings (SSSR count). The van der Waals surface area contributed by atoms with Crippen LogP contribution in [0.5, 0.6) is 0 Å². The van der Waals surface area contributed by atoms with E-state index in [-0.39, 0.29) is 24.9 Å². The molecule has 0 aliphatic carbocycles. The van der Waals surface area contributed by atoms with Crippen LogP contribution in [0.2, 0.25) is 10.0 Å². The molecule has 0 heterocycles. The molecule has 0 saturated carbocycles. The highest BCUT2D eigenvalue weighted by Crippen LogP contribution is 2.26. The molecule has 41 heavy (non-hydrogen) atoms. The molecule has 3 aromatic carbocycles. The zero-order valence-corrected chi connectivity index (χ0v) is 26.4. The molecule has 7 nitrogen and oxygen atoms in total. The van der Waals surface area contributed by atoms with Crippen LogP contribution in [0.1, 0.15) is 42.5 Å². The van der Waals surface area contributed by atoms with Crippen LogP contribution < -0.4 is 9.62 Å². The zero-order chi connectivity index (χ0) is 30.3. The lowest BCUT2D eigenvalue weighted by molar-refractivity contribution is -0.140. The maximum atomic E-state index is 14.2. The average molecular weight is 619 g/mol. The van der Waals surface area contributed by atoms with Crippen LogP contribution in [0.25, 0.3) is 0 Å². The molecular formula is C31H37Cl2N3O4S. The van der Waals surface area contributed by atoms with Crippen molar-refractivity contribution in [3.63, 3.8) is 0 Å². The summed E-state index contributed by atoms with van der Waals surface area (Å²) in [5.41, 5.74) is 3.63. The monoisotopic (exact) mass is 617 g/mol. The Hall–Kier alpha value is -3.07. The SMILES string of the molecule is CC[C@@H](C)NC(=O)[C@H](Cc1ccccc1)N(Cc1ccc(Cl)c(Cl)c1)C(=O)CN(c1cc(C)cc(C)c1)S(C)(=O)=O. The highest BCUT2D eigenvalue weighted by molar-refractivity contribution is 7.92. The number of nitrogens with one attached hydrogen (secondary N) is 1. The van der Waals surface area contributed by atoms with Crippen molar-refractivity contribution in [1.82, 2.24) is 10.2 Å². The summed E-state index contributed by atoms with van der Waals surface area (Å²) < 4.78 is 27.0. The lowest BCUT2D eigenvalue weighted by atomic mass is 10.0. The Morgan fingerprint density at radius 3 is 2.10 bits per heavy atom. The summed E-state index contributed by atoms with van der Waals surface area (Å²) >= 11 is 12.4. The molecule has 3 aromatic rings. The van der Waals surface area contributed by atoms with E-state index in [4.69, 9.17) is 23.2 Å². The minimum Gasteiger partial charge on any atom is -0.352 e. The zero-order valence-electron chi connectivity index (χ0n) is 24.0. The molecule has 0 radical (unpaired) electrons. The van der Waals surface area contributed by atoms with E-state index in [2.05, 4.69) is 5.32 Å². The van der Waals surface area contributed by atoms with Gasteiger partial charge in [0.05, 0.1) is 22.0 Å². The van der Waals surface area contributed by atoms with E-state index in [0.29, 0.717) is 27.7 Å². The molecule has 0 saturated heterocycles. The lowest BCUT2D eigenvalue weighted by Crippen LogP contribution is -2.54. The van der Waals surface area contributed by atoms with E-state index < -0.39 is 28.5 Å². The molecule has 2 amide bonds. The summed E-state index contributed by atoms with van der Waals surface area (Å²) in [5.74, 6) is -0.852. The fourth-order valence-electron chi connectivity index (χ4n) is 4.54. The standard InChI is InChI=1S/C31H37Cl2N3O4S/c1-6-23(4)34-31(38)29(18-24-10-8-7-9-11-24)35(19-25-12-13-27(32)28(33)17-25)30(37)20-36(41(5,39)40)26-15-21(2)14-22(3)16-26/h7-17,23,29H,6,18-20H2,1-5H3,(H,34,38)/t23-,29+/m1/s1. The van der Waals surface area contributed by atoms with Crippen LogP contribution in [0.4, 0.5) is 5.69 Å². The number of nitrogens with zero attached hydrogens (tertiary/aromatic N) is 2. The van der Waals surface area contributed by atoms with Crippen molar-refractivity contribution in [3.8, 4) is 0 Å². The molecule has 0 aliphatic rings. The minimum absolute atomic E-state index is 0.0194. The average Bonchev–Trinajstić information content (AvgIpc) is 2.90. The number of rotatable bonds is 12. The molecule has 0 fully saturated rings. The number of carbonyl (C=O) groups excluding carboxylic acids is 2. The van der Waals surface area contributed by atoms with Crippen LogP contribution in [0.15, 0.2) is 66.7 Å². The van der Waals surface area contributed by atoms with Gasteiger partial charge in [-0.3, -0.25) is 13.9 Å². The Kier molecular flexibility index (Phi) is 11.2. The Morgan fingerprint density at radius 1 is 0.902 bits per heavy atom. The Bertz CT molecular complexity index is 1460. The summed E-state index contributed by atoms with van der Waals surface area (Å²) in [7, 11) is -3.85. The van der Waals surface area contributed by atoms with E-state index in [9.17, 15) is 18.0 Å². The smallest absolute Gasteiger partial charge is 0.244 e. The van der Waals surface area contributed by atoms with Gasteiger partial charge in [0.2, 0.25) is 21.8 Å². The lowest BCUT2D eigenvalue weighted by Gasteiger charge is -2.34. The van der Waals surface area contributed by atoms with E-state index in [1.807, 2.05) is 64.1 Å². The summed E-state index contributed by atoms with van der Waals surface area (Å²) in [6.45, 7) is 7.13. The summed E-state index contributed by atoms with van der Waals surface area (Å²) in [6, 6.07) is 18.8. The third-order valence-electron chi connectivity index (χ3n) is 6.78. The second-order valence-corrected chi connectivity index (χ2v) is 13.1. The number of aryl methyl sites for hydroxylation is 2. The largest absolute Gasteiger partial charge is 0.352 e. The van der Waals surface area contributed by atoms with Gasteiger partial charge in [0.1, 0.15) is 12.6 Å². The van der Waals surface area contributed by atoms with Crippen LogP contribution in [-0.2, 0) is 32.6 Å². The summed E-state index contributed by atoms with van der Waals surface area (Å²) in [4.78, 5) is 29.3. The second kappa shape index (κ2) is 14.2. The topological polar surface area (TPSA) is 86.8 Å². The molecule has 0 aliphatic heterocycles. The van der Waals surface area contributed by atoms with Gasteiger partial charge in [0, 0.05) is 19.0 Å². The van der Waals surface area contributed by atoms with Gasteiger partial charge in [-0.05, 0) is 73.7 Å². The van der Waals surface area contributed by atoms with Crippen molar-refractivity contribution >= 4 is 50.7 Å². The predicted molar refractivity (Wildman–Crippen MR) is 167 cm³/mol. The highest BCUT2D eigenvalue weighted by Gasteiger charge is 2.33. The van der Waals surface area contributed by atoms with Crippen molar-refractivity contribution in [2.24, 2.45) is 0 Å². The number of hydrogen-bond acceptors (Lipinski definition) is 4. The quantitative estimate of drug-likeness (QED) is 0.273. The fraction of sp³-hybridized carbons (Fsp3) is 0.355. The molecule has 0 aromatic heterocycles. The van der Waals surface area contributed by atoms with Gasteiger partial charge in [0.25, 0.3) is 0 Å². The maximum Gasteiger partial charge on any atom is 0.244 e. The van der Waals surface area contributed by atoms with Gasteiger partial charge in [-0.1, -0.05) is 72.6 Å². The van der Waals surface area contributed by atoms with Gasteiger partial charge in [0.15, 0.2) is 0 Å². The number of anilines is 1. The number of hydrogen-bond donors (Lipinski definition) is 1. The Balaban J connectivity index is 2.10. The molecule has 0 unspecified atom stereocenters. The normalized spacial score (nSPS) is 12.9. The number of carbonyl (C=O) groups is 2. The van der Waals surface area contributed by atoms with Crippen molar-refractivity contribution < 1.29 is 18.0 Å². The van der Waals surface area contributed by atoms with Crippen LogP contribution in [0.3, 0.4) is 0 Å². The third kappa shape index (κ3) is 9.21. The molecule has 220 valence electrons. The first-order chi connectivity index (χ1) is 19.3.